The zero-order chi connectivity index (χ0) is 18.8. The zero-order valence-corrected chi connectivity index (χ0v) is 15.1. The van der Waals surface area contributed by atoms with Crippen molar-refractivity contribution < 1.29 is 4.39 Å². The molecule has 0 amide bonds. The second-order valence-electron chi connectivity index (χ2n) is 6.71. The predicted octanol–water partition coefficient (Wildman–Crippen LogP) is 4.78. The van der Waals surface area contributed by atoms with Gasteiger partial charge in [-0.25, -0.2) is 9.38 Å². The van der Waals surface area contributed by atoms with E-state index in [2.05, 4.69) is 41.5 Å². The van der Waals surface area contributed by atoms with Gasteiger partial charge in [0.05, 0.1) is 5.69 Å². The molecule has 0 aliphatic carbocycles. The summed E-state index contributed by atoms with van der Waals surface area (Å²) in [6.45, 7) is 4.32. The van der Waals surface area contributed by atoms with Crippen molar-refractivity contribution in [3.05, 3.63) is 95.1 Å². The largest absolute Gasteiger partial charge is 0.265 e. The van der Waals surface area contributed by atoms with Crippen LogP contribution < -0.4 is 5.43 Å². The van der Waals surface area contributed by atoms with Crippen LogP contribution in [0.5, 0.6) is 0 Å². The molecule has 3 aromatic rings. The van der Waals surface area contributed by atoms with Gasteiger partial charge < -0.3 is 0 Å². The number of hydrogen-bond donors (Lipinski definition) is 1. The summed E-state index contributed by atoms with van der Waals surface area (Å²) < 4.78 is 13.9. The number of aromatic nitrogens is 1. The van der Waals surface area contributed by atoms with Crippen molar-refractivity contribution >= 4 is 17.2 Å². The number of nitrogens with one attached hydrogen (secondary N) is 1. The van der Waals surface area contributed by atoms with Gasteiger partial charge in [0, 0.05) is 29.1 Å². The standard InChI is InChI=1S/C22H19FN4/c1-14(2)15-3-5-17(6-4-15)22-25-20-8-7-18(23)13-19(20)21(26-27-22)16-9-11-24-12-10-16/h3-14H,1-2H3,(H,25,27). The highest BCUT2D eigenvalue weighted by Gasteiger charge is 2.18. The first-order chi connectivity index (χ1) is 13.1. The van der Waals surface area contributed by atoms with Crippen LogP contribution in [-0.4, -0.2) is 16.5 Å². The van der Waals surface area contributed by atoms with Crippen LogP contribution >= 0.6 is 0 Å². The number of amidine groups is 1. The van der Waals surface area contributed by atoms with Crippen molar-refractivity contribution in [3.63, 3.8) is 0 Å². The molecule has 0 atom stereocenters. The molecular formula is C22H19FN4. The molecule has 2 aromatic carbocycles. The lowest BCUT2D eigenvalue weighted by molar-refractivity contribution is 0.627. The molecule has 0 fully saturated rings. The van der Waals surface area contributed by atoms with Crippen molar-refractivity contribution in [1.82, 2.24) is 10.4 Å². The molecule has 5 heteroatoms. The van der Waals surface area contributed by atoms with Crippen LogP contribution in [-0.2, 0) is 0 Å². The van der Waals surface area contributed by atoms with Crippen molar-refractivity contribution in [1.29, 1.82) is 0 Å². The number of hydrazone groups is 1. The summed E-state index contributed by atoms with van der Waals surface area (Å²) in [6.07, 6.45) is 3.38. The number of nitrogens with zero attached hydrogens (tertiary/aromatic N) is 3. The minimum atomic E-state index is -0.324. The van der Waals surface area contributed by atoms with Gasteiger partial charge in [0.15, 0.2) is 5.84 Å². The number of benzene rings is 2. The van der Waals surface area contributed by atoms with E-state index in [0.717, 1.165) is 11.1 Å². The van der Waals surface area contributed by atoms with Crippen LogP contribution in [0.3, 0.4) is 0 Å². The number of aliphatic imine (C=N–C) groups is 1. The second kappa shape index (κ2) is 7.11. The highest BCUT2D eigenvalue weighted by atomic mass is 19.1. The third-order valence-corrected chi connectivity index (χ3v) is 4.52. The Kier molecular flexibility index (Phi) is 4.50. The van der Waals surface area contributed by atoms with Crippen molar-refractivity contribution in [2.75, 3.05) is 0 Å². The number of halogens is 1. The zero-order valence-electron chi connectivity index (χ0n) is 15.1. The first kappa shape index (κ1) is 17.1. The average Bonchev–Trinajstić information content (AvgIpc) is 2.88. The normalized spacial score (nSPS) is 13.3. The molecule has 2 heterocycles. The molecule has 1 aliphatic heterocycles. The van der Waals surface area contributed by atoms with E-state index in [9.17, 15) is 4.39 Å². The minimum Gasteiger partial charge on any atom is -0.265 e. The summed E-state index contributed by atoms with van der Waals surface area (Å²) in [5.74, 6) is 0.765. The molecule has 1 aliphatic rings. The van der Waals surface area contributed by atoms with Crippen LogP contribution in [0.2, 0.25) is 0 Å². The van der Waals surface area contributed by atoms with Crippen LogP contribution in [0.4, 0.5) is 10.1 Å². The van der Waals surface area contributed by atoms with E-state index in [-0.39, 0.29) is 5.82 Å². The van der Waals surface area contributed by atoms with Crippen molar-refractivity contribution in [3.8, 4) is 0 Å². The fourth-order valence-electron chi connectivity index (χ4n) is 2.99. The van der Waals surface area contributed by atoms with E-state index in [0.29, 0.717) is 28.7 Å². The Hall–Kier alpha value is -3.34. The van der Waals surface area contributed by atoms with Crippen LogP contribution in [0.1, 0.15) is 42.0 Å². The highest BCUT2D eigenvalue weighted by Crippen LogP contribution is 2.26. The summed E-state index contributed by atoms with van der Waals surface area (Å²) in [4.78, 5) is 8.75. The van der Waals surface area contributed by atoms with Gasteiger partial charge in [0.1, 0.15) is 11.5 Å². The Balaban J connectivity index is 1.81. The summed E-state index contributed by atoms with van der Waals surface area (Å²) in [7, 11) is 0. The Labute approximate surface area is 157 Å². The van der Waals surface area contributed by atoms with E-state index in [4.69, 9.17) is 4.99 Å². The minimum absolute atomic E-state index is 0.324. The molecule has 0 saturated heterocycles. The lowest BCUT2D eigenvalue weighted by atomic mass is 10.0. The molecule has 4 nitrogen and oxygen atoms in total. The molecule has 1 N–H and O–H groups in total. The maximum absolute atomic E-state index is 13.9. The van der Waals surface area contributed by atoms with Gasteiger partial charge in [-0.05, 0) is 41.8 Å². The molecular weight excluding hydrogens is 339 g/mol. The molecule has 0 radical (unpaired) electrons. The summed E-state index contributed by atoms with van der Waals surface area (Å²) >= 11 is 0. The van der Waals surface area contributed by atoms with Gasteiger partial charge in [-0.2, -0.15) is 5.10 Å². The lowest BCUT2D eigenvalue weighted by Gasteiger charge is -2.08. The van der Waals surface area contributed by atoms with E-state index in [1.54, 1.807) is 18.5 Å². The Morgan fingerprint density at radius 2 is 1.63 bits per heavy atom. The predicted molar refractivity (Wildman–Crippen MR) is 106 cm³/mol. The molecule has 0 bridgehead atoms. The smallest absolute Gasteiger partial charge is 0.154 e. The third-order valence-electron chi connectivity index (χ3n) is 4.52. The Bertz CT molecular complexity index is 1020. The topological polar surface area (TPSA) is 49.6 Å². The molecule has 134 valence electrons. The summed E-state index contributed by atoms with van der Waals surface area (Å²) in [6, 6.07) is 16.5. The Morgan fingerprint density at radius 1 is 0.889 bits per heavy atom. The number of fused-ring (bicyclic) bond motifs is 1. The van der Waals surface area contributed by atoms with Gasteiger partial charge >= 0.3 is 0 Å². The fourth-order valence-corrected chi connectivity index (χ4v) is 2.99. The maximum Gasteiger partial charge on any atom is 0.154 e. The number of pyridine rings is 1. The molecule has 0 unspecified atom stereocenters. The lowest BCUT2D eigenvalue weighted by Crippen LogP contribution is -2.19. The van der Waals surface area contributed by atoms with E-state index < -0.39 is 0 Å². The highest BCUT2D eigenvalue weighted by molar-refractivity contribution is 6.17. The van der Waals surface area contributed by atoms with Crippen LogP contribution in [0.15, 0.2) is 77.1 Å². The van der Waals surface area contributed by atoms with Crippen molar-refractivity contribution in [2.24, 2.45) is 10.1 Å². The third kappa shape index (κ3) is 3.49. The molecule has 0 saturated carbocycles. The van der Waals surface area contributed by atoms with Gasteiger partial charge in [0.2, 0.25) is 0 Å². The first-order valence-corrected chi connectivity index (χ1v) is 8.85. The van der Waals surface area contributed by atoms with Gasteiger partial charge in [-0.1, -0.05) is 38.1 Å². The SMILES string of the molecule is CC(C)c1ccc(C2=Nc3ccc(F)cc3C(c3ccncc3)=NN2)cc1. The monoisotopic (exact) mass is 358 g/mol. The van der Waals surface area contributed by atoms with Gasteiger partial charge in [-0.15, -0.1) is 0 Å². The van der Waals surface area contributed by atoms with Gasteiger partial charge in [-0.3, -0.25) is 10.4 Å². The van der Waals surface area contributed by atoms with E-state index in [1.807, 2.05) is 24.3 Å². The summed E-state index contributed by atoms with van der Waals surface area (Å²) in [5.41, 5.74) is 8.02. The molecule has 27 heavy (non-hydrogen) atoms. The van der Waals surface area contributed by atoms with Crippen LogP contribution in [0, 0.1) is 5.82 Å². The quantitative estimate of drug-likeness (QED) is 0.733. The molecule has 0 spiro atoms. The average molecular weight is 358 g/mol. The maximum atomic E-state index is 13.9. The van der Waals surface area contributed by atoms with Gasteiger partial charge in [0.25, 0.3) is 0 Å². The molecule has 1 aromatic heterocycles. The fraction of sp³-hybridized carbons (Fsp3) is 0.136. The number of hydrogen-bond acceptors (Lipinski definition) is 4. The Morgan fingerprint density at radius 3 is 2.33 bits per heavy atom. The van der Waals surface area contributed by atoms with Crippen LogP contribution in [0.25, 0.3) is 0 Å². The second-order valence-corrected chi connectivity index (χ2v) is 6.71. The summed E-state index contributed by atoms with van der Waals surface area (Å²) in [5, 5.41) is 4.53. The first-order valence-electron chi connectivity index (χ1n) is 8.85. The van der Waals surface area contributed by atoms with E-state index in [1.165, 1.54) is 17.7 Å². The molecule has 4 rings (SSSR count). The van der Waals surface area contributed by atoms with E-state index >= 15 is 0 Å². The number of rotatable bonds is 3. The van der Waals surface area contributed by atoms with Crippen molar-refractivity contribution in [2.45, 2.75) is 19.8 Å².